The molecule has 0 atom stereocenters. The summed E-state index contributed by atoms with van der Waals surface area (Å²) in [5.74, 6) is -0.763. The average molecular weight is 253 g/mol. The minimum absolute atomic E-state index is 0.219. The lowest BCUT2D eigenvalue weighted by molar-refractivity contribution is 0.0997. The third-order valence-electron chi connectivity index (χ3n) is 3.01. The summed E-state index contributed by atoms with van der Waals surface area (Å²) in [7, 11) is 0. The number of benzene rings is 2. The van der Waals surface area contributed by atoms with Crippen molar-refractivity contribution in [2.24, 2.45) is 5.73 Å². The molecule has 4 N–H and O–H groups in total. The van der Waals surface area contributed by atoms with Gasteiger partial charge in [-0.3, -0.25) is 9.59 Å². The largest absolute Gasteiger partial charge is 0.366 e. The van der Waals surface area contributed by atoms with Crippen LogP contribution in [-0.4, -0.2) is 11.8 Å². The summed E-state index contributed by atoms with van der Waals surface area (Å²) in [5, 5.41) is 5.86. The van der Waals surface area contributed by atoms with E-state index in [1.165, 1.54) is 0 Å². The number of primary amides is 1. The van der Waals surface area contributed by atoms with E-state index in [9.17, 15) is 9.59 Å². The lowest BCUT2D eigenvalue weighted by Crippen LogP contribution is -2.14. The number of para-hydroxylation sites is 2. The van der Waals surface area contributed by atoms with E-state index in [2.05, 4.69) is 10.6 Å². The van der Waals surface area contributed by atoms with E-state index in [0.717, 1.165) is 0 Å². The zero-order valence-corrected chi connectivity index (χ0v) is 9.94. The molecule has 2 aromatic carbocycles. The summed E-state index contributed by atoms with van der Waals surface area (Å²) < 4.78 is 0. The maximum Gasteiger partial charge on any atom is 0.257 e. The molecule has 0 fully saturated rings. The molecule has 0 aromatic heterocycles. The zero-order valence-electron chi connectivity index (χ0n) is 9.94. The van der Waals surface area contributed by atoms with Crippen LogP contribution in [0.2, 0.25) is 0 Å². The number of rotatable bonds is 1. The minimum Gasteiger partial charge on any atom is -0.366 e. The molecule has 1 aliphatic rings. The molecule has 0 saturated heterocycles. The molecule has 2 amide bonds. The predicted molar refractivity (Wildman–Crippen MR) is 72.6 cm³/mol. The highest BCUT2D eigenvalue weighted by molar-refractivity contribution is 6.14. The van der Waals surface area contributed by atoms with Crippen molar-refractivity contribution in [3.63, 3.8) is 0 Å². The molecule has 94 valence electrons. The van der Waals surface area contributed by atoms with Gasteiger partial charge >= 0.3 is 0 Å². The molecular weight excluding hydrogens is 242 g/mol. The maximum absolute atomic E-state index is 12.1. The lowest BCUT2D eigenvalue weighted by atomic mass is 10.1. The van der Waals surface area contributed by atoms with Gasteiger partial charge in [0, 0.05) is 0 Å². The minimum atomic E-state index is -0.544. The first-order valence-corrected chi connectivity index (χ1v) is 5.77. The smallest absolute Gasteiger partial charge is 0.257 e. The molecule has 1 aliphatic heterocycles. The number of hydrogen-bond acceptors (Lipinski definition) is 3. The van der Waals surface area contributed by atoms with Gasteiger partial charge in [0.25, 0.3) is 11.8 Å². The number of anilines is 3. The summed E-state index contributed by atoms with van der Waals surface area (Å²) in [6, 6.07) is 12.1. The number of hydrogen-bond donors (Lipinski definition) is 3. The Labute approximate surface area is 109 Å². The van der Waals surface area contributed by atoms with Crippen LogP contribution in [0.5, 0.6) is 0 Å². The van der Waals surface area contributed by atoms with Gasteiger partial charge in [0.1, 0.15) is 0 Å². The molecule has 19 heavy (non-hydrogen) atoms. The van der Waals surface area contributed by atoms with Crippen molar-refractivity contribution in [3.8, 4) is 0 Å². The summed E-state index contributed by atoms with van der Waals surface area (Å²) in [5.41, 5.74) is 7.92. The fraction of sp³-hybridized carbons (Fsp3) is 0. The van der Waals surface area contributed by atoms with Gasteiger partial charge in [-0.1, -0.05) is 18.2 Å². The third-order valence-corrected chi connectivity index (χ3v) is 3.01. The van der Waals surface area contributed by atoms with E-state index in [0.29, 0.717) is 28.2 Å². The number of nitrogens with two attached hydrogens (primary N) is 1. The Morgan fingerprint density at radius 3 is 2.47 bits per heavy atom. The summed E-state index contributed by atoms with van der Waals surface area (Å²) in [6.07, 6.45) is 0. The highest BCUT2D eigenvalue weighted by Gasteiger charge is 2.21. The lowest BCUT2D eigenvalue weighted by Gasteiger charge is -2.11. The van der Waals surface area contributed by atoms with Crippen LogP contribution in [0.4, 0.5) is 17.1 Å². The van der Waals surface area contributed by atoms with Gasteiger partial charge in [-0.25, -0.2) is 0 Å². The summed E-state index contributed by atoms with van der Waals surface area (Å²) >= 11 is 0. The van der Waals surface area contributed by atoms with Crippen LogP contribution >= 0.6 is 0 Å². The monoisotopic (exact) mass is 253 g/mol. The van der Waals surface area contributed by atoms with Crippen LogP contribution in [0.3, 0.4) is 0 Å². The average Bonchev–Trinajstić information content (AvgIpc) is 2.54. The van der Waals surface area contributed by atoms with E-state index in [1.54, 1.807) is 36.4 Å². The molecule has 5 nitrogen and oxygen atoms in total. The predicted octanol–water partition coefficient (Wildman–Crippen LogP) is 2.09. The third kappa shape index (κ3) is 1.81. The molecule has 0 aliphatic carbocycles. The van der Waals surface area contributed by atoms with Crippen molar-refractivity contribution in [1.82, 2.24) is 0 Å². The Morgan fingerprint density at radius 2 is 1.68 bits per heavy atom. The number of nitrogens with one attached hydrogen (secondary N) is 2. The molecular formula is C14H11N3O2. The van der Waals surface area contributed by atoms with Crippen molar-refractivity contribution in [2.75, 3.05) is 10.6 Å². The second-order valence-electron chi connectivity index (χ2n) is 4.22. The van der Waals surface area contributed by atoms with Crippen molar-refractivity contribution >= 4 is 28.9 Å². The molecule has 0 unspecified atom stereocenters. The van der Waals surface area contributed by atoms with Gasteiger partial charge in [0.15, 0.2) is 0 Å². The molecule has 0 spiro atoms. The van der Waals surface area contributed by atoms with Crippen molar-refractivity contribution in [3.05, 3.63) is 53.6 Å². The van der Waals surface area contributed by atoms with Gasteiger partial charge in [-0.05, 0) is 24.3 Å². The van der Waals surface area contributed by atoms with E-state index in [4.69, 9.17) is 5.73 Å². The van der Waals surface area contributed by atoms with E-state index < -0.39 is 5.91 Å². The Balaban J connectivity index is 2.22. The molecule has 0 saturated carbocycles. The fourth-order valence-electron chi connectivity index (χ4n) is 2.11. The van der Waals surface area contributed by atoms with E-state index in [-0.39, 0.29) is 5.91 Å². The summed E-state index contributed by atoms with van der Waals surface area (Å²) in [6.45, 7) is 0. The Morgan fingerprint density at radius 1 is 0.947 bits per heavy atom. The fourth-order valence-corrected chi connectivity index (χ4v) is 2.11. The first kappa shape index (κ1) is 11.3. The van der Waals surface area contributed by atoms with Crippen LogP contribution in [0.1, 0.15) is 20.7 Å². The van der Waals surface area contributed by atoms with Crippen LogP contribution in [0.15, 0.2) is 42.5 Å². The van der Waals surface area contributed by atoms with Gasteiger partial charge in [0.2, 0.25) is 0 Å². The first-order chi connectivity index (χ1) is 9.16. The molecule has 0 bridgehead atoms. The Kier molecular flexibility index (Phi) is 2.45. The molecule has 3 rings (SSSR count). The zero-order chi connectivity index (χ0) is 13.4. The second kappa shape index (κ2) is 4.13. The highest BCUT2D eigenvalue weighted by atomic mass is 16.2. The standard InChI is InChI=1S/C14H11N3O2/c15-13(18)9-5-3-7-11-12(9)16-10-6-2-1-4-8(10)14(19)17-11/h1-7,16H,(H2,15,18)(H,17,19). The number of amides is 2. The van der Waals surface area contributed by atoms with Crippen LogP contribution in [-0.2, 0) is 0 Å². The van der Waals surface area contributed by atoms with Crippen molar-refractivity contribution in [1.29, 1.82) is 0 Å². The normalized spacial score (nSPS) is 12.5. The van der Waals surface area contributed by atoms with Crippen LogP contribution < -0.4 is 16.4 Å². The maximum atomic E-state index is 12.1. The van der Waals surface area contributed by atoms with Gasteiger partial charge in [0.05, 0.1) is 28.2 Å². The second-order valence-corrected chi connectivity index (χ2v) is 4.22. The molecule has 0 radical (unpaired) electrons. The van der Waals surface area contributed by atoms with Gasteiger partial charge < -0.3 is 16.4 Å². The molecule has 5 heteroatoms. The van der Waals surface area contributed by atoms with E-state index in [1.807, 2.05) is 6.07 Å². The topological polar surface area (TPSA) is 84.2 Å². The number of carbonyl (C=O) groups is 2. The Hall–Kier alpha value is -2.82. The van der Waals surface area contributed by atoms with E-state index >= 15 is 0 Å². The van der Waals surface area contributed by atoms with Gasteiger partial charge in [-0.2, -0.15) is 0 Å². The van der Waals surface area contributed by atoms with Gasteiger partial charge in [-0.15, -0.1) is 0 Å². The van der Waals surface area contributed by atoms with Crippen molar-refractivity contribution in [2.45, 2.75) is 0 Å². The van der Waals surface area contributed by atoms with Crippen LogP contribution in [0.25, 0.3) is 0 Å². The Bertz CT molecular complexity index is 695. The number of fused-ring (bicyclic) bond motifs is 2. The molecule has 2 aromatic rings. The number of carbonyl (C=O) groups excluding carboxylic acids is 2. The van der Waals surface area contributed by atoms with Crippen molar-refractivity contribution < 1.29 is 9.59 Å². The first-order valence-electron chi connectivity index (χ1n) is 5.77. The SMILES string of the molecule is NC(=O)c1cccc2c1Nc1ccccc1C(=O)N2. The highest BCUT2D eigenvalue weighted by Crippen LogP contribution is 2.34. The molecule has 1 heterocycles. The summed E-state index contributed by atoms with van der Waals surface area (Å²) in [4.78, 5) is 23.5. The van der Waals surface area contributed by atoms with Crippen LogP contribution in [0, 0.1) is 0 Å². The quantitative estimate of drug-likeness (QED) is 0.727.